The van der Waals surface area contributed by atoms with Crippen molar-refractivity contribution in [2.45, 2.75) is 0 Å². The topological polar surface area (TPSA) is 101 Å². The first kappa shape index (κ1) is 15.7. The first-order valence-corrected chi connectivity index (χ1v) is 6.98. The van der Waals surface area contributed by atoms with E-state index in [-0.39, 0.29) is 12.5 Å². The Morgan fingerprint density at radius 2 is 2.09 bits per heavy atom. The van der Waals surface area contributed by atoms with Crippen LogP contribution in [0.15, 0.2) is 18.3 Å². The number of nitriles is 1. The molecule has 1 aromatic rings. The third-order valence-corrected chi connectivity index (χ3v) is 3.43. The minimum atomic E-state index is -0.504. The maximum absolute atomic E-state index is 11.6. The van der Waals surface area contributed by atoms with Crippen LogP contribution in [0, 0.1) is 11.3 Å². The summed E-state index contributed by atoms with van der Waals surface area (Å²) in [6.45, 7) is 2.87. The van der Waals surface area contributed by atoms with Crippen molar-refractivity contribution in [2.75, 3.05) is 44.7 Å². The van der Waals surface area contributed by atoms with E-state index in [1.165, 1.54) is 7.05 Å². The van der Waals surface area contributed by atoms with Crippen LogP contribution in [0.25, 0.3) is 0 Å². The van der Waals surface area contributed by atoms with Gasteiger partial charge in [0.2, 0.25) is 5.91 Å². The van der Waals surface area contributed by atoms with Crippen LogP contribution in [0.1, 0.15) is 5.56 Å². The number of nitrogens with zero attached hydrogens (tertiary/aromatic N) is 4. The molecule has 0 radical (unpaired) electrons. The van der Waals surface area contributed by atoms with Crippen molar-refractivity contribution in [1.82, 2.24) is 20.5 Å². The first-order valence-electron chi connectivity index (χ1n) is 6.98. The van der Waals surface area contributed by atoms with Gasteiger partial charge in [0.1, 0.15) is 11.9 Å². The Kier molecular flexibility index (Phi) is 5.27. The monoisotopic (exact) mass is 302 g/mol. The molecule has 0 saturated carbocycles. The molecule has 2 N–H and O–H groups in total. The fraction of sp³-hybridized carbons (Fsp3) is 0.429. The van der Waals surface area contributed by atoms with Crippen LogP contribution in [0.4, 0.5) is 10.6 Å². The summed E-state index contributed by atoms with van der Waals surface area (Å²) < 4.78 is 0. The van der Waals surface area contributed by atoms with Gasteiger partial charge in [-0.05, 0) is 12.1 Å². The Labute approximate surface area is 128 Å². The van der Waals surface area contributed by atoms with Crippen LogP contribution in [-0.2, 0) is 4.79 Å². The maximum atomic E-state index is 11.6. The summed E-state index contributed by atoms with van der Waals surface area (Å²) >= 11 is 0. The lowest BCUT2D eigenvalue weighted by atomic mass is 10.2. The second kappa shape index (κ2) is 7.38. The molecule has 2 rings (SSSR count). The number of carbonyl (C=O) groups excluding carboxylic acids is 2. The molecule has 1 aliphatic heterocycles. The van der Waals surface area contributed by atoms with Crippen molar-refractivity contribution >= 4 is 17.8 Å². The number of hydrogen-bond acceptors (Lipinski definition) is 6. The molecule has 8 heteroatoms. The van der Waals surface area contributed by atoms with E-state index < -0.39 is 6.03 Å². The van der Waals surface area contributed by atoms with E-state index in [0.717, 1.165) is 0 Å². The number of urea groups is 1. The van der Waals surface area contributed by atoms with Crippen LogP contribution < -0.4 is 15.5 Å². The number of hydrogen-bond donors (Lipinski definition) is 2. The average Bonchev–Trinajstić information content (AvgIpc) is 2.55. The molecule has 1 aromatic heterocycles. The van der Waals surface area contributed by atoms with Gasteiger partial charge in [-0.1, -0.05) is 0 Å². The minimum absolute atomic E-state index is 0.175. The SMILES string of the molecule is CNC(=O)NC(=O)CN1CCN(c2ncccc2C#N)CC1. The Morgan fingerprint density at radius 3 is 2.73 bits per heavy atom. The molecular formula is C14H18N6O2. The first-order chi connectivity index (χ1) is 10.6. The lowest BCUT2D eigenvalue weighted by Gasteiger charge is -2.35. The molecule has 8 nitrogen and oxygen atoms in total. The highest BCUT2D eigenvalue weighted by molar-refractivity contribution is 5.95. The molecular weight excluding hydrogens is 284 g/mol. The third-order valence-electron chi connectivity index (χ3n) is 3.43. The number of carbonyl (C=O) groups is 2. The van der Waals surface area contributed by atoms with Crippen LogP contribution in [-0.4, -0.2) is 61.6 Å². The molecule has 0 spiro atoms. The van der Waals surface area contributed by atoms with Crippen molar-refractivity contribution in [3.63, 3.8) is 0 Å². The van der Waals surface area contributed by atoms with E-state index >= 15 is 0 Å². The van der Waals surface area contributed by atoms with Crippen molar-refractivity contribution < 1.29 is 9.59 Å². The molecule has 0 aliphatic carbocycles. The fourth-order valence-corrected chi connectivity index (χ4v) is 2.29. The largest absolute Gasteiger partial charge is 0.353 e. The molecule has 0 unspecified atom stereocenters. The van der Waals surface area contributed by atoms with E-state index in [4.69, 9.17) is 5.26 Å². The molecule has 1 saturated heterocycles. The summed E-state index contributed by atoms with van der Waals surface area (Å²) in [7, 11) is 1.46. The zero-order valence-electron chi connectivity index (χ0n) is 12.4. The fourth-order valence-electron chi connectivity index (χ4n) is 2.29. The highest BCUT2D eigenvalue weighted by atomic mass is 16.2. The van der Waals surface area contributed by atoms with Gasteiger partial charge in [0, 0.05) is 39.4 Å². The van der Waals surface area contributed by atoms with Gasteiger partial charge >= 0.3 is 6.03 Å². The lowest BCUT2D eigenvalue weighted by Crippen LogP contribution is -2.51. The summed E-state index contributed by atoms with van der Waals surface area (Å²) in [5.74, 6) is 0.350. The molecule has 1 aliphatic rings. The van der Waals surface area contributed by atoms with Crippen molar-refractivity contribution in [2.24, 2.45) is 0 Å². The Bertz CT molecular complexity index is 589. The van der Waals surface area contributed by atoms with E-state index in [0.29, 0.717) is 37.6 Å². The van der Waals surface area contributed by atoms with E-state index in [1.54, 1.807) is 18.3 Å². The number of anilines is 1. The van der Waals surface area contributed by atoms with Gasteiger partial charge in [0.25, 0.3) is 0 Å². The Morgan fingerprint density at radius 1 is 1.36 bits per heavy atom. The van der Waals surface area contributed by atoms with Crippen LogP contribution in [0.3, 0.4) is 0 Å². The number of amides is 3. The normalized spacial score (nSPS) is 15.0. The van der Waals surface area contributed by atoms with Gasteiger partial charge in [-0.15, -0.1) is 0 Å². The van der Waals surface area contributed by atoms with Crippen LogP contribution in [0.5, 0.6) is 0 Å². The molecule has 0 aromatic carbocycles. The van der Waals surface area contributed by atoms with Crippen LogP contribution >= 0.6 is 0 Å². The third kappa shape index (κ3) is 3.93. The van der Waals surface area contributed by atoms with Gasteiger partial charge in [-0.3, -0.25) is 15.0 Å². The van der Waals surface area contributed by atoms with Gasteiger partial charge in [-0.25, -0.2) is 9.78 Å². The predicted molar refractivity (Wildman–Crippen MR) is 80.2 cm³/mol. The Hall–Kier alpha value is -2.66. The smallest absolute Gasteiger partial charge is 0.321 e. The summed E-state index contributed by atoms with van der Waals surface area (Å²) in [5, 5.41) is 13.7. The number of aromatic nitrogens is 1. The summed E-state index contributed by atoms with van der Waals surface area (Å²) in [6.07, 6.45) is 1.67. The standard InChI is InChI=1S/C14H18N6O2/c1-16-14(22)18-12(21)10-19-5-7-20(8-6-19)13-11(9-15)3-2-4-17-13/h2-4H,5-8,10H2,1H3,(H2,16,18,21,22). The summed E-state index contributed by atoms with van der Waals surface area (Å²) in [4.78, 5) is 31.0. The number of piperazine rings is 1. The Balaban J connectivity index is 1.87. The molecule has 0 bridgehead atoms. The average molecular weight is 302 g/mol. The molecule has 1 fully saturated rings. The maximum Gasteiger partial charge on any atom is 0.321 e. The molecule has 116 valence electrons. The molecule has 2 heterocycles. The second-order valence-corrected chi connectivity index (χ2v) is 4.88. The minimum Gasteiger partial charge on any atom is -0.353 e. The van der Waals surface area contributed by atoms with Gasteiger partial charge < -0.3 is 10.2 Å². The highest BCUT2D eigenvalue weighted by Gasteiger charge is 2.21. The number of rotatable bonds is 3. The van der Waals surface area contributed by atoms with Crippen molar-refractivity contribution in [3.05, 3.63) is 23.9 Å². The summed E-state index contributed by atoms with van der Waals surface area (Å²) in [6, 6.07) is 5.11. The van der Waals surface area contributed by atoms with Crippen LogP contribution in [0.2, 0.25) is 0 Å². The van der Waals surface area contributed by atoms with Gasteiger partial charge in [-0.2, -0.15) is 5.26 Å². The second-order valence-electron chi connectivity index (χ2n) is 4.88. The molecule has 22 heavy (non-hydrogen) atoms. The number of nitrogens with one attached hydrogen (secondary N) is 2. The van der Waals surface area contributed by atoms with Gasteiger partial charge in [0.05, 0.1) is 12.1 Å². The van der Waals surface area contributed by atoms with Gasteiger partial charge in [0.15, 0.2) is 0 Å². The number of imide groups is 1. The summed E-state index contributed by atoms with van der Waals surface area (Å²) in [5.41, 5.74) is 0.549. The lowest BCUT2D eigenvalue weighted by molar-refractivity contribution is -0.121. The van der Waals surface area contributed by atoms with E-state index in [1.807, 2.05) is 9.80 Å². The molecule has 3 amide bonds. The van der Waals surface area contributed by atoms with E-state index in [2.05, 4.69) is 21.7 Å². The predicted octanol–water partition coefficient (Wildman–Crippen LogP) is -0.469. The quantitative estimate of drug-likeness (QED) is 0.783. The number of pyridine rings is 1. The highest BCUT2D eigenvalue weighted by Crippen LogP contribution is 2.17. The van der Waals surface area contributed by atoms with Crippen molar-refractivity contribution in [1.29, 1.82) is 5.26 Å². The zero-order valence-corrected chi connectivity index (χ0v) is 12.4. The zero-order chi connectivity index (χ0) is 15.9. The molecule has 0 atom stereocenters. The van der Waals surface area contributed by atoms with Crippen molar-refractivity contribution in [3.8, 4) is 6.07 Å². The van der Waals surface area contributed by atoms with E-state index in [9.17, 15) is 9.59 Å².